The molecule has 0 aromatic heterocycles. The SMILES string of the molecule is COC1CC(C=CC(=O)OC[C@H]2O[C@@H](OC3CC4C(CC(O)CC4O[C@@H]4O[C@H](CO)[C@@H](O)[C@H](O)[C@H]4O)OC3C3CCC(O)C(O)C3)[C@H](O[C@@H]3O[C@H](CO)[C@@H](O)[C@H](O)[C@H]3O)[C@@H](O)[C@@H]2O)CCC1O[C@@H]1O[C@H](CO)[C@@H](O)[C@H](O)[C@H]1O. The van der Waals surface area contributed by atoms with Gasteiger partial charge in [0.1, 0.15) is 104 Å². The lowest BCUT2D eigenvalue weighted by Gasteiger charge is -2.53. The lowest BCUT2D eigenvalue weighted by molar-refractivity contribution is -0.380. The topological polar surface area (TPSA) is 463 Å². The molecule has 0 radical (unpaired) electrons. The molecule has 29 heteroatoms. The molecule has 8 aliphatic rings. The summed E-state index contributed by atoms with van der Waals surface area (Å²) in [5.74, 6) is -2.43. The Labute approximate surface area is 447 Å². The van der Waals surface area contributed by atoms with Gasteiger partial charge < -0.3 is 139 Å². The molecule has 3 saturated carbocycles. The summed E-state index contributed by atoms with van der Waals surface area (Å²) in [6.45, 7) is -2.94. The van der Waals surface area contributed by atoms with E-state index in [2.05, 4.69) is 0 Å². The Bertz CT molecular complexity index is 1900. The van der Waals surface area contributed by atoms with Gasteiger partial charge in [0.15, 0.2) is 25.2 Å². The average molecular weight is 1130 g/mol. The molecule has 8 fully saturated rings. The fraction of sp³-hybridized carbons (Fsp3) is 0.939. The molecule has 12 unspecified atom stereocenters. The third-order valence-electron chi connectivity index (χ3n) is 16.8. The first-order valence-corrected chi connectivity index (χ1v) is 26.8. The van der Waals surface area contributed by atoms with Gasteiger partial charge in [0.05, 0.1) is 74.8 Å². The van der Waals surface area contributed by atoms with Crippen molar-refractivity contribution in [2.24, 2.45) is 17.8 Å². The first-order valence-electron chi connectivity index (χ1n) is 26.8. The van der Waals surface area contributed by atoms with Crippen molar-refractivity contribution in [2.45, 2.75) is 236 Å². The Balaban J connectivity index is 0.996. The Morgan fingerprint density at radius 2 is 1.00 bits per heavy atom. The molecule has 0 aromatic carbocycles. The summed E-state index contributed by atoms with van der Waals surface area (Å²) >= 11 is 0. The average Bonchev–Trinajstić information content (AvgIpc) is 3.55. The molecule has 0 aromatic rings. The molecule has 5 aliphatic heterocycles. The largest absolute Gasteiger partial charge is 0.460 e. The molecule has 5 saturated heterocycles. The van der Waals surface area contributed by atoms with E-state index in [1.54, 1.807) is 6.08 Å². The molecule has 29 nitrogen and oxygen atoms in total. The number of hydrogen-bond acceptors (Lipinski definition) is 29. The van der Waals surface area contributed by atoms with Gasteiger partial charge in [-0.05, 0) is 63.2 Å². The van der Waals surface area contributed by atoms with Crippen LogP contribution in [0.15, 0.2) is 12.2 Å². The first-order chi connectivity index (χ1) is 37.2. The van der Waals surface area contributed by atoms with E-state index in [-0.39, 0.29) is 38.0 Å². The van der Waals surface area contributed by atoms with Crippen LogP contribution in [-0.4, -0.2) is 304 Å². The zero-order chi connectivity index (χ0) is 56.4. The van der Waals surface area contributed by atoms with Crippen molar-refractivity contribution in [3.63, 3.8) is 0 Å². The van der Waals surface area contributed by atoms with Crippen LogP contribution in [0.5, 0.6) is 0 Å². The van der Waals surface area contributed by atoms with Crippen molar-refractivity contribution in [3.8, 4) is 0 Å². The molecule has 0 spiro atoms. The van der Waals surface area contributed by atoms with Crippen molar-refractivity contribution < 1.29 is 144 Å². The summed E-state index contributed by atoms with van der Waals surface area (Å²) in [5, 5.41) is 180. The molecule has 3 aliphatic carbocycles. The first kappa shape index (κ1) is 62.2. The lowest BCUT2D eigenvalue weighted by Crippen LogP contribution is -2.66. The van der Waals surface area contributed by atoms with Crippen LogP contribution in [0.25, 0.3) is 0 Å². The number of allylic oxidation sites excluding steroid dienone is 1. The highest BCUT2D eigenvalue weighted by atomic mass is 16.8. The van der Waals surface area contributed by atoms with Crippen molar-refractivity contribution >= 4 is 5.97 Å². The van der Waals surface area contributed by atoms with Gasteiger partial charge in [-0.25, -0.2) is 4.79 Å². The summed E-state index contributed by atoms with van der Waals surface area (Å²) in [7, 11) is 1.43. The van der Waals surface area contributed by atoms with E-state index in [1.165, 1.54) is 7.11 Å². The Morgan fingerprint density at radius 3 is 1.55 bits per heavy atom. The van der Waals surface area contributed by atoms with Crippen molar-refractivity contribution in [2.75, 3.05) is 33.5 Å². The van der Waals surface area contributed by atoms with Crippen LogP contribution in [0.4, 0.5) is 0 Å². The van der Waals surface area contributed by atoms with Crippen LogP contribution < -0.4 is 0 Å². The van der Waals surface area contributed by atoms with Gasteiger partial charge in [-0.1, -0.05) is 6.08 Å². The van der Waals surface area contributed by atoms with E-state index >= 15 is 0 Å². The molecule has 17 N–H and O–H groups in total. The second-order valence-electron chi connectivity index (χ2n) is 21.9. The molecule has 450 valence electrons. The summed E-state index contributed by atoms with van der Waals surface area (Å²) in [6.07, 6.45) is -38.1. The highest BCUT2D eigenvalue weighted by molar-refractivity contribution is 5.81. The number of carbonyl (C=O) groups is 1. The summed E-state index contributed by atoms with van der Waals surface area (Å²) in [6, 6.07) is 0. The fourth-order valence-electron chi connectivity index (χ4n) is 12.2. The molecular formula is C49H80O29. The van der Waals surface area contributed by atoms with Gasteiger partial charge in [-0.2, -0.15) is 0 Å². The third-order valence-corrected chi connectivity index (χ3v) is 16.8. The number of aliphatic hydroxyl groups excluding tert-OH is 17. The number of rotatable bonds is 17. The maximum absolute atomic E-state index is 13.3. The molecule has 8 rings (SSSR count). The number of aliphatic hydroxyl groups is 17. The summed E-state index contributed by atoms with van der Waals surface area (Å²) in [5.41, 5.74) is 0. The maximum atomic E-state index is 13.3. The van der Waals surface area contributed by atoms with Gasteiger partial charge in [-0.3, -0.25) is 0 Å². The Hall–Kier alpha value is -1.87. The number of esters is 1. The third kappa shape index (κ3) is 13.7. The van der Waals surface area contributed by atoms with Gasteiger partial charge in [-0.15, -0.1) is 0 Å². The predicted molar refractivity (Wildman–Crippen MR) is 251 cm³/mol. The highest BCUT2D eigenvalue weighted by Gasteiger charge is 2.56. The number of carbonyl (C=O) groups excluding carboxylic acids is 1. The van der Waals surface area contributed by atoms with Crippen LogP contribution in [0.1, 0.15) is 57.8 Å². The van der Waals surface area contributed by atoms with Crippen molar-refractivity contribution in [3.05, 3.63) is 12.2 Å². The van der Waals surface area contributed by atoms with Crippen molar-refractivity contribution in [1.29, 1.82) is 0 Å². The standard InChI is InChI=1S/C49H80O29/c1-68-26-8-17(2-6-23(26)71-46-41(65)37(61)33(57)28(13-50)74-46)3-7-32(56)69-16-31-36(60)40(64)45(78-48-43(67)39(63)35(59)30(15-52)76-48)49(77-31)73-27-12-20-24(70-44(27)18-4-5-21(54)22(55)9-18)10-19(53)11-25(20)72-47-42(66)38(62)34(58)29(14-51)75-47/h3,7,17-31,33-55,57-67H,2,4-6,8-16H2,1H3/t17?,18?,19?,20?,21?,22?,23?,24?,25?,26?,27?,28-,29-,30-,31-,33-,34-,35-,36-,37+,38+,39+,40+,41-,42-,43-,44?,45-,46-,47-,48+,49-/m1/s1. The Kier molecular flexibility index (Phi) is 21.7. The quantitative estimate of drug-likeness (QED) is 0.0475. The minimum Gasteiger partial charge on any atom is -0.460 e. The predicted octanol–water partition coefficient (Wildman–Crippen LogP) is -8.26. The van der Waals surface area contributed by atoms with Crippen LogP contribution in [0.3, 0.4) is 0 Å². The molecule has 0 bridgehead atoms. The van der Waals surface area contributed by atoms with Crippen molar-refractivity contribution in [1.82, 2.24) is 0 Å². The maximum Gasteiger partial charge on any atom is 0.330 e. The van der Waals surface area contributed by atoms with E-state index in [0.29, 0.717) is 25.7 Å². The van der Waals surface area contributed by atoms with E-state index in [9.17, 15) is 91.6 Å². The zero-order valence-corrected chi connectivity index (χ0v) is 42.8. The summed E-state index contributed by atoms with van der Waals surface area (Å²) in [4.78, 5) is 13.3. The highest BCUT2D eigenvalue weighted by Crippen LogP contribution is 2.46. The fourth-order valence-corrected chi connectivity index (χ4v) is 12.2. The van der Waals surface area contributed by atoms with Gasteiger partial charge in [0.2, 0.25) is 0 Å². The molecular weight excluding hydrogens is 1050 g/mol. The van der Waals surface area contributed by atoms with Crippen LogP contribution in [0.2, 0.25) is 0 Å². The monoisotopic (exact) mass is 1130 g/mol. The van der Waals surface area contributed by atoms with Gasteiger partial charge in [0.25, 0.3) is 0 Å². The van der Waals surface area contributed by atoms with Crippen LogP contribution in [-0.2, 0) is 56.9 Å². The normalized spacial score (nSPS) is 51.5. The van der Waals surface area contributed by atoms with E-state index in [1.807, 2.05) is 0 Å². The smallest absolute Gasteiger partial charge is 0.330 e. The minimum absolute atomic E-state index is 0.0175. The van der Waals surface area contributed by atoms with Crippen LogP contribution in [0, 0.1) is 17.8 Å². The number of methoxy groups -OCH3 is 1. The van der Waals surface area contributed by atoms with Gasteiger partial charge >= 0.3 is 5.97 Å². The number of hydrogen-bond donors (Lipinski definition) is 17. The second kappa shape index (κ2) is 27.2. The zero-order valence-electron chi connectivity index (χ0n) is 42.8. The number of ether oxygens (including phenoxy) is 11. The molecule has 32 atom stereocenters. The second-order valence-corrected chi connectivity index (χ2v) is 21.9. The molecule has 78 heavy (non-hydrogen) atoms. The molecule has 0 amide bonds. The number of fused-ring (bicyclic) bond motifs is 1. The minimum atomic E-state index is -2.02. The van der Waals surface area contributed by atoms with E-state index in [4.69, 9.17) is 52.1 Å². The Morgan fingerprint density at radius 1 is 0.474 bits per heavy atom. The molecule has 5 heterocycles. The van der Waals surface area contributed by atoms with Gasteiger partial charge in [0, 0.05) is 25.5 Å². The van der Waals surface area contributed by atoms with E-state index < -0.39 is 222 Å². The van der Waals surface area contributed by atoms with Crippen LogP contribution >= 0.6 is 0 Å². The van der Waals surface area contributed by atoms with E-state index in [0.717, 1.165) is 6.08 Å². The summed E-state index contributed by atoms with van der Waals surface area (Å²) < 4.78 is 65.8. The lowest BCUT2D eigenvalue weighted by atomic mass is 9.72.